The van der Waals surface area contributed by atoms with Crippen molar-refractivity contribution < 1.29 is 9.97 Å². The van der Waals surface area contributed by atoms with Crippen molar-refractivity contribution in [2.24, 2.45) is 0 Å². The molecule has 8 bridgehead atoms. The summed E-state index contributed by atoms with van der Waals surface area (Å²) in [6.45, 7) is 0. The summed E-state index contributed by atoms with van der Waals surface area (Å²) in [5.41, 5.74) is 2.33. The van der Waals surface area contributed by atoms with Crippen molar-refractivity contribution in [2.45, 2.75) is 0 Å². The molecule has 2 N–H and O–H groups in total. The molecule has 25 heavy (non-hydrogen) atoms. The predicted molar refractivity (Wildman–Crippen MR) is 91.3 cm³/mol. The Morgan fingerprint density at radius 2 is 0.800 bits per heavy atom. The van der Waals surface area contributed by atoms with E-state index in [1.807, 2.05) is 48.6 Å². The van der Waals surface area contributed by atoms with E-state index in [4.69, 9.17) is 0 Å². The zero-order chi connectivity index (χ0) is 15.9. The van der Waals surface area contributed by atoms with Crippen LogP contribution < -0.4 is 19.9 Å². The first kappa shape index (κ1) is 15.6. The topological polar surface area (TPSA) is 108 Å². The van der Waals surface area contributed by atoms with Crippen LogP contribution in [0.1, 0.15) is 23.3 Å². The van der Waals surface area contributed by atoms with Crippen LogP contribution in [0.25, 0.3) is 46.9 Å². The van der Waals surface area contributed by atoms with E-state index in [0.717, 1.165) is 0 Å². The molecule has 5 rings (SSSR count). The van der Waals surface area contributed by atoms with E-state index >= 15 is 0 Å². The Balaban J connectivity index is 0.00000157. The van der Waals surface area contributed by atoms with E-state index in [1.165, 1.54) is 0 Å². The molecule has 0 fully saturated rings. The van der Waals surface area contributed by atoms with Gasteiger partial charge in [0, 0.05) is 22.6 Å². The molecule has 5 heterocycles. The number of hydrogen-bond acceptors (Lipinski definition) is 4. The zero-order valence-electron chi connectivity index (χ0n) is 13.0. The van der Waals surface area contributed by atoms with Crippen LogP contribution >= 0.6 is 0 Å². The number of H-pyrrole nitrogens is 2. The molecule has 114 valence electrons. The number of aromatic amines is 2. The van der Waals surface area contributed by atoms with Crippen LogP contribution in [0.2, 0.25) is 0 Å². The molecule has 0 saturated carbocycles. The first-order chi connectivity index (χ1) is 11.8. The summed E-state index contributed by atoms with van der Waals surface area (Å²) >= 11 is 0. The Labute approximate surface area is 157 Å². The standard InChI is InChI=1S/C16H8N8.Mg/c1-2-10-17-9(1)21-11-3-4-13(18-11)23-15-7-8-16(20-15)24-14-6-5-12(19-14)22-10;/h1-8H;/q-2;+2/p+2. The van der Waals surface area contributed by atoms with Gasteiger partial charge in [0.1, 0.15) is 23.3 Å². The summed E-state index contributed by atoms with van der Waals surface area (Å²) in [7, 11) is 0. The van der Waals surface area contributed by atoms with E-state index in [0.29, 0.717) is 45.9 Å². The van der Waals surface area contributed by atoms with E-state index in [-0.39, 0.29) is 23.1 Å². The predicted octanol–water partition coefficient (Wildman–Crippen LogP) is -0.0488. The first-order valence-electron chi connectivity index (χ1n) is 7.33. The van der Waals surface area contributed by atoms with Gasteiger partial charge in [-0.2, -0.15) is 0 Å². The van der Waals surface area contributed by atoms with Gasteiger partial charge < -0.3 is 29.9 Å². The Morgan fingerprint density at radius 1 is 0.520 bits per heavy atom. The van der Waals surface area contributed by atoms with Crippen LogP contribution in [0.5, 0.6) is 0 Å². The third-order valence-electron chi connectivity index (χ3n) is 3.47. The maximum Gasteiger partial charge on any atom is 2.00 e. The summed E-state index contributed by atoms with van der Waals surface area (Å²) in [6, 6.07) is 7.25. The van der Waals surface area contributed by atoms with E-state index in [1.54, 1.807) is 0 Å². The number of fused-ring (bicyclic) bond motifs is 8. The summed E-state index contributed by atoms with van der Waals surface area (Å²) in [6.07, 6.45) is 7.36. The van der Waals surface area contributed by atoms with E-state index in [2.05, 4.69) is 39.9 Å². The fourth-order valence-electron chi connectivity index (χ4n) is 2.43. The van der Waals surface area contributed by atoms with Crippen LogP contribution in [0.3, 0.4) is 0 Å². The van der Waals surface area contributed by atoms with Crippen molar-refractivity contribution in [2.75, 3.05) is 0 Å². The van der Waals surface area contributed by atoms with Crippen molar-refractivity contribution in [3.63, 3.8) is 0 Å². The van der Waals surface area contributed by atoms with Crippen molar-refractivity contribution >= 4 is 69.9 Å². The number of nitrogens with zero attached hydrogens (tertiary/aromatic N) is 6. The number of hydrogen-bond donors (Lipinski definition) is 0. The molecule has 3 aromatic rings. The van der Waals surface area contributed by atoms with Gasteiger partial charge in [-0.1, -0.05) is 0 Å². The van der Waals surface area contributed by atoms with Gasteiger partial charge in [-0.25, -0.2) is 0 Å². The van der Waals surface area contributed by atoms with Crippen molar-refractivity contribution in [3.05, 3.63) is 47.6 Å². The molecular formula is C16H10MgN8+2. The molecule has 0 unspecified atom stereocenters. The normalized spacial score (nSPS) is 12.2. The van der Waals surface area contributed by atoms with Crippen molar-refractivity contribution in [3.8, 4) is 0 Å². The third-order valence-corrected chi connectivity index (χ3v) is 3.47. The number of aromatic nitrogens is 8. The van der Waals surface area contributed by atoms with Gasteiger partial charge in [-0.05, 0) is 48.6 Å². The minimum absolute atomic E-state index is 0. The Bertz CT molecular complexity index is 997. The van der Waals surface area contributed by atoms with Crippen LogP contribution in [0.4, 0.5) is 0 Å². The van der Waals surface area contributed by atoms with Gasteiger partial charge in [0.25, 0.3) is 0 Å². The second-order valence-corrected chi connectivity index (χ2v) is 5.23. The van der Waals surface area contributed by atoms with Gasteiger partial charge in [0.15, 0.2) is 0 Å². The SMILES string of the molecule is C1=Cc2nc3ccc(nc4[nH+]c(nc5ccc(nc1[nH+]2)[n-]5)C=C4)[n-]3.[Mg+2]. The minimum Gasteiger partial charge on any atom is -0.358 e. The maximum atomic E-state index is 4.43. The molecular weight excluding hydrogens is 329 g/mol. The molecule has 2 aliphatic heterocycles. The molecule has 0 atom stereocenters. The largest absolute Gasteiger partial charge is 2.00 e. The smallest absolute Gasteiger partial charge is 0.358 e. The molecule has 0 amide bonds. The Kier molecular flexibility index (Phi) is 3.86. The van der Waals surface area contributed by atoms with Crippen molar-refractivity contribution in [1.82, 2.24) is 29.9 Å². The summed E-state index contributed by atoms with van der Waals surface area (Å²) < 4.78 is 0. The van der Waals surface area contributed by atoms with Crippen LogP contribution in [-0.2, 0) is 0 Å². The molecule has 2 aliphatic rings. The van der Waals surface area contributed by atoms with Crippen LogP contribution in [-0.4, -0.2) is 43.0 Å². The molecule has 9 heteroatoms. The quantitative estimate of drug-likeness (QED) is 0.366. The zero-order valence-corrected chi connectivity index (χ0v) is 14.4. The van der Waals surface area contributed by atoms with Gasteiger partial charge in [-0.15, -0.1) is 0 Å². The van der Waals surface area contributed by atoms with Gasteiger partial charge in [0.2, 0.25) is 0 Å². The molecule has 0 aromatic carbocycles. The summed E-state index contributed by atoms with van der Waals surface area (Å²) in [5.74, 6) is 2.68. The summed E-state index contributed by atoms with van der Waals surface area (Å²) in [4.78, 5) is 32.7. The minimum atomic E-state index is 0. The molecule has 8 nitrogen and oxygen atoms in total. The van der Waals surface area contributed by atoms with Gasteiger partial charge in [0.05, 0.1) is 0 Å². The Hall–Kier alpha value is -2.91. The molecule has 0 aliphatic carbocycles. The summed E-state index contributed by atoms with van der Waals surface area (Å²) in [5, 5.41) is 0. The first-order valence-corrected chi connectivity index (χ1v) is 7.33. The molecule has 0 saturated heterocycles. The molecule has 3 aromatic heterocycles. The fourth-order valence-corrected chi connectivity index (χ4v) is 2.43. The number of nitrogens with one attached hydrogen (secondary N) is 2. The second kappa shape index (κ2) is 6.19. The monoisotopic (exact) mass is 338 g/mol. The van der Waals surface area contributed by atoms with Gasteiger partial charge in [-0.3, -0.25) is 9.97 Å². The van der Waals surface area contributed by atoms with E-state index < -0.39 is 0 Å². The van der Waals surface area contributed by atoms with Crippen LogP contribution in [0, 0.1) is 0 Å². The molecule has 0 spiro atoms. The number of rotatable bonds is 0. The van der Waals surface area contributed by atoms with E-state index in [9.17, 15) is 0 Å². The third kappa shape index (κ3) is 3.19. The van der Waals surface area contributed by atoms with Gasteiger partial charge >= 0.3 is 23.1 Å². The maximum absolute atomic E-state index is 4.43. The second-order valence-electron chi connectivity index (χ2n) is 5.23. The Morgan fingerprint density at radius 3 is 1.08 bits per heavy atom. The average molecular weight is 339 g/mol. The molecule has 0 radical (unpaired) electrons. The van der Waals surface area contributed by atoms with Crippen molar-refractivity contribution in [1.29, 1.82) is 0 Å². The van der Waals surface area contributed by atoms with Crippen LogP contribution in [0.15, 0.2) is 24.3 Å². The fraction of sp³-hybridized carbons (Fsp3) is 0. The average Bonchev–Trinajstić information content (AvgIpc) is 3.32.